The van der Waals surface area contributed by atoms with Gasteiger partial charge in [-0.3, -0.25) is 0 Å². The van der Waals surface area contributed by atoms with Crippen LogP contribution >= 0.6 is 0 Å². The second-order valence-electron chi connectivity index (χ2n) is 5.59. The van der Waals surface area contributed by atoms with E-state index in [1.807, 2.05) is 0 Å². The van der Waals surface area contributed by atoms with Crippen LogP contribution in [0.2, 0.25) is 0 Å². The molecule has 1 atom stereocenters. The molecule has 1 N–H and O–H groups in total. The molecule has 0 bridgehead atoms. The Morgan fingerprint density at radius 1 is 1.32 bits per heavy atom. The van der Waals surface area contributed by atoms with Gasteiger partial charge in [0.15, 0.2) is 0 Å². The number of benzene rings is 1. The lowest BCUT2D eigenvalue weighted by molar-refractivity contribution is 0.0705. The number of rotatable bonds is 5. The van der Waals surface area contributed by atoms with Gasteiger partial charge in [0.05, 0.1) is 6.61 Å². The average Bonchev–Trinajstić information content (AvgIpc) is 2.88. The van der Waals surface area contributed by atoms with Gasteiger partial charge < -0.3 is 15.0 Å². The maximum atomic E-state index is 5.49. The van der Waals surface area contributed by atoms with Crippen LogP contribution in [-0.4, -0.2) is 38.9 Å². The van der Waals surface area contributed by atoms with Crippen molar-refractivity contribution in [3.05, 3.63) is 29.8 Å². The first-order chi connectivity index (χ1) is 9.43. The molecule has 3 nitrogen and oxygen atoms in total. The first kappa shape index (κ1) is 12.9. The molecule has 3 rings (SSSR count). The van der Waals surface area contributed by atoms with E-state index in [-0.39, 0.29) is 0 Å². The Balaban J connectivity index is 1.39. The van der Waals surface area contributed by atoms with Crippen molar-refractivity contribution in [1.29, 1.82) is 0 Å². The monoisotopic (exact) mass is 260 g/mol. The normalized spacial score (nSPS) is 22.5. The van der Waals surface area contributed by atoms with Gasteiger partial charge in [-0.1, -0.05) is 18.2 Å². The van der Waals surface area contributed by atoms with E-state index in [9.17, 15) is 0 Å². The number of hydrogen-bond acceptors (Lipinski definition) is 3. The highest BCUT2D eigenvalue weighted by molar-refractivity contribution is 5.57. The second kappa shape index (κ2) is 6.40. The molecule has 1 aromatic rings. The molecular weight excluding hydrogens is 236 g/mol. The van der Waals surface area contributed by atoms with Crippen molar-refractivity contribution < 1.29 is 4.74 Å². The van der Waals surface area contributed by atoms with Crippen LogP contribution < -0.4 is 10.2 Å². The van der Waals surface area contributed by atoms with Crippen molar-refractivity contribution in [2.75, 3.05) is 37.7 Å². The van der Waals surface area contributed by atoms with Gasteiger partial charge in [0, 0.05) is 31.4 Å². The fraction of sp³-hybridized carbons (Fsp3) is 0.625. The zero-order chi connectivity index (χ0) is 12.9. The lowest BCUT2D eigenvalue weighted by Gasteiger charge is -2.24. The van der Waals surface area contributed by atoms with Crippen LogP contribution in [0.4, 0.5) is 5.69 Å². The van der Waals surface area contributed by atoms with E-state index in [1.54, 1.807) is 0 Å². The SMILES string of the molecule is c1ccc2c(c1)CCN2CCCNC1CCCOC1. The summed E-state index contributed by atoms with van der Waals surface area (Å²) < 4.78 is 5.49. The Hall–Kier alpha value is -1.06. The van der Waals surface area contributed by atoms with Crippen molar-refractivity contribution in [2.45, 2.75) is 31.7 Å². The minimum atomic E-state index is 0.583. The summed E-state index contributed by atoms with van der Waals surface area (Å²) in [5.41, 5.74) is 2.96. The second-order valence-corrected chi connectivity index (χ2v) is 5.59. The van der Waals surface area contributed by atoms with Crippen molar-refractivity contribution in [3.8, 4) is 0 Å². The Morgan fingerprint density at radius 3 is 3.16 bits per heavy atom. The molecule has 1 unspecified atom stereocenters. The number of anilines is 1. The molecule has 19 heavy (non-hydrogen) atoms. The van der Waals surface area contributed by atoms with E-state index < -0.39 is 0 Å². The molecule has 0 aromatic heterocycles. The van der Waals surface area contributed by atoms with E-state index >= 15 is 0 Å². The van der Waals surface area contributed by atoms with E-state index in [4.69, 9.17) is 4.74 Å². The minimum absolute atomic E-state index is 0.583. The Morgan fingerprint density at radius 2 is 2.26 bits per heavy atom. The predicted octanol–water partition coefficient (Wildman–Crippen LogP) is 2.21. The number of para-hydroxylation sites is 1. The maximum absolute atomic E-state index is 5.49. The molecule has 104 valence electrons. The lowest BCUT2D eigenvalue weighted by atomic mass is 10.1. The van der Waals surface area contributed by atoms with Crippen LogP contribution in [0, 0.1) is 0 Å². The number of ether oxygens (including phenoxy) is 1. The molecule has 0 aliphatic carbocycles. The summed E-state index contributed by atoms with van der Waals surface area (Å²) in [5, 5.41) is 3.62. The highest BCUT2D eigenvalue weighted by atomic mass is 16.5. The molecule has 1 saturated heterocycles. The summed E-state index contributed by atoms with van der Waals surface area (Å²) in [6.07, 6.45) is 4.90. The van der Waals surface area contributed by atoms with E-state index in [0.29, 0.717) is 6.04 Å². The van der Waals surface area contributed by atoms with Crippen LogP contribution in [0.1, 0.15) is 24.8 Å². The highest BCUT2D eigenvalue weighted by Crippen LogP contribution is 2.27. The molecule has 3 heteroatoms. The molecular formula is C16H24N2O. The fourth-order valence-electron chi connectivity index (χ4n) is 3.12. The van der Waals surface area contributed by atoms with Gasteiger partial charge in [-0.15, -0.1) is 0 Å². The number of nitrogens with zero attached hydrogens (tertiary/aromatic N) is 1. The summed E-state index contributed by atoms with van der Waals surface area (Å²) in [6.45, 7) is 5.30. The third-order valence-corrected chi connectivity index (χ3v) is 4.18. The molecule has 1 fully saturated rings. The van der Waals surface area contributed by atoms with Gasteiger partial charge in [-0.25, -0.2) is 0 Å². The predicted molar refractivity (Wildman–Crippen MR) is 78.8 cm³/mol. The summed E-state index contributed by atoms with van der Waals surface area (Å²) in [4.78, 5) is 2.52. The van der Waals surface area contributed by atoms with Crippen molar-refractivity contribution in [1.82, 2.24) is 5.32 Å². The fourth-order valence-corrected chi connectivity index (χ4v) is 3.12. The number of nitrogens with one attached hydrogen (secondary N) is 1. The van der Waals surface area contributed by atoms with Crippen LogP contribution in [0.3, 0.4) is 0 Å². The van der Waals surface area contributed by atoms with Gasteiger partial charge in [0.25, 0.3) is 0 Å². The van der Waals surface area contributed by atoms with Crippen molar-refractivity contribution >= 4 is 5.69 Å². The largest absolute Gasteiger partial charge is 0.380 e. The highest BCUT2D eigenvalue weighted by Gasteiger charge is 2.17. The molecule has 0 spiro atoms. The van der Waals surface area contributed by atoms with Crippen molar-refractivity contribution in [2.24, 2.45) is 0 Å². The smallest absolute Gasteiger partial charge is 0.0619 e. The summed E-state index contributed by atoms with van der Waals surface area (Å²) in [6, 6.07) is 9.39. The Bertz CT molecular complexity index is 401. The number of hydrogen-bond donors (Lipinski definition) is 1. The van der Waals surface area contributed by atoms with Gasteiger partial charge in [-0.2, -0.15) is 0 Å². The van der Waals surface area contributed by atoms with Crippen molar-refractivity contribution in [3.63, 3.8) is 0 Å². The molecule has 0 radical (unpaired) electrons. The van der Waals surface area contributed by atoms with Crippen LogP contribution in [0.25, 0.3) is 0 Å². The van der Waals surface area contributed by atoms with E-state index in [1.165, 1.54) is 43.5 Å². The van der Waals surface area contributed by atoms with Gasteiger partial charge in [-0.05, 0) is 43.9 Å². The third kappa shape index (κ3) is 3.28. The third-order valence-electron chi connectivity index (χ3n) is 4.18. The Kier molecular flexibility index (Phi) is 4.36. The van der Waals surface area contributed by atoms with E-state index in [2.05, 4.69) is 34.5 Å². The molecule has 0 saturated carbocycles. The minimum Gasteiger partial charge on any atom is -0.380 e. The zero-order valence-electron chi connectivity index (χ0n) is 11.6. The molecule has 2 aliphatic heterocycles. The number of fused-ring (bicyclic) bond motifs is 1. The molecule has 0 amide bonds. The molecule has 2 aliphatic rings. The summed E-state index contributed by atoms with van der Waals surface area (Å²) in [7, 11) is 0. The van der Waals surface area contributed by atoms with Gasteiger partial charge in [0.2, 0.25) is 0 Å². The standard InChI is InChI=1S/C16H24N2O/c1-2-7-16-14(5-1)8-11-18(16)10-4-9-17-15-6-3-12-19-13-15/h1-2,5,7,15,17H,3-4,6,8-13H2. The van der Waals surface area contributed by atoms with E-state index in [0.717, 1.165) is 26.3 Å². The van der Waals surface area contributed by atoms with Crippen LogP contribution in [-0.2, 0) is 11.2 Å². The molecule has 2 heterocycles. The van der Waals surface area contributed by atoms with Gasteiger partial charge >= 0.3 is 0 Å². The van der Waals surface area contributed by atoms with Gasteiger partial charge in [0.1, 0.15) is 0 Å². The van der Waals surface area contributed by atoms with Crippen LogP contribution in [0.15, 0.2) is 24.3 Å². The topological polar surface area (TPSA) is 24.5 Å². The average molecular weight is 260 g/mol. The maximum Gasteiger partial charge on any atom is 0.0619 e. The quantitative estimate of drug-likeness (QED) is 0.822. The lowest BCUT2D eigenvalue weighted by Crippen LogP contribution is -2.38. The first-order valence-corrected chi connectivity index (χ1v) is 7.57. The summed E-state index contributed by atoms with van der Waals surface area (Å²) >= 11 is 0. The summed E-state index contributed by atoms with van der Waals surface area (Å²) in [5.74, 6) is 0. The Labute approximate surface area is 115 Å². The zero-order valence-corrected chi connectivity index (χ0v) is 11.6. The molecule has 1 aromatic carbocycles. The first-order valence-electron chi connectivity index (χ1n) is 7.57. The van der Waals surface area contributed by atoms with Crippen LogP contribution in [0.5, 0.6) is 0 Å².